The largest absolute Gasteiger partial charge is 0.465 e. The molecule has 0 aromatic carbocycles. The number of hydrogen-bond donors (Lipinski definition) is 3. The van der Waals surface area contributed by atoms with Gasteiger partial charge in [0.1, 0.15) is 0 Å². The van der Waals surface area contributed by atoms with Crippen molar-refractivity contribution in [2.75, 3.05) is 6.54 Å². The Morgan fingerprint density at radius 3 is 2.75 bits per heavy atom. The first-order valence-corrected chi connectivity index (χ1v) is 4.43. The van der Waals surface area contributed by atoms with E-state index < -0.39 is 6.09 Å². The summed E-state index contributed by atoms with van der Waals surface area (Å²) in [7, 11) is 0. The van der Waals surface area contributed by atoms with E-state index in [1.54, 1.807) is 0 Å². The predicted octanol–water partition coefficient (Wildman–Crippen LogP) is 0.772. The number of hydrogen-bond acceptors (Lipinski definition) is 2. The summed E-state index contributed by atoms with van der Waals surface area (Å²) in [6, 6.07) is 0.0845. The molecule has 2 atom stereocenters. The van der Waals surface area contributed by atoms with Gasteiger partial charge < -0.3 is 16.2 Å². The zero-order chi connectivity index (χ0) is 8.97. The summed E-state index contributed by atoms with van der Waals surface area (Å²) in [5, 5.41) is 11.0. The number of nitrogens with two attached hydrogens (primary N) is 1. The Balaban J connectivity index is 2.41. The molecule has 0 radical (unpaired) electrons. The van der Waals surface area contributed by atoms with Gasteiger partial charge >= 0.3 is 6.09 Å². The molecule has 1 aliphatic carbocycles. The third-order valence-corrected chi connectivity index (χ3v) is 2.52. The van der Waals surface area contributed by atoms with Gasteiger partial charge in [0.15, 0.2) is 0 Å². The Morgan fingerprint density at radius 2 is 2.17 bits per heavy atom. The van der Waals surface area contributed by atoms with Crippen molar-refractivity contribution in [1.82, 2.24) is 5.32 Å². The lowest BCUT2D eigenvalue weighted by Gasteiger charge is -2.30. The zero-order valence-electron chi connectivity index (χ0n) is 7.12. The Bertz CT molecular complexity index is 161. The molecule has 4 heteroatoms. The van der Waals surface area contributed by atoms with Crippen LogP contribution in [0.25, 0.3) is 0 Å². The minimum absolute atomic E-state index is 0.0845. The van der Waals surface area contributed by atoms with Gasteiger partial charge in [-0.1, -0.05) is 12.8 Å². The van der Waals surface area contributed by atoms with E-state index in [9.17, 15) is 4.79 Å². The average molecular weight is 172 g/mol. The molecular formula is C8H16N2O2. The SMILES string of the molecule is NC[C@H]1CCCC[C@H]1NC(=O)O. The highest BCUT2D eigenvalue weighted by molar-refractivity contribution is 5.64. The molecule has 1 fully saturated rings. The molecule has 0 aliphatic heterocycles. The molecule has 0 unspecified atom stereocenters. The Kier molecular flexibility index (Phi) is 3.34. The number of carboxylic acid groups (broad SMARTS) is 1. The molecule has 1 aliphatic rings. The van der Waals surface area contributed by atoms with Crippen molar-refractivity contribution in [3.63, 3.8) is 0 Å². The van der Waals surface area contributed by atoms with E-state index in [-0.39, 0.29) is 6.04 Å². The standard InChI is InChI=1S/C8H16N2O2/c9-5-6-3-1-2-4-7(6)10-8(11)12/h6-7,10H,1-5,9H2,(H,11,12)/t6-,7-/m1/s1. The molecule has 0 heterocycles. The monoisotopic (exact) mass is 172 g/mol. The van der Waals surface area contributed by atoms with E-state index in [2.05, 4.69) is 5.32 Å². The van der Waals surface area contributed by atoms with Crippen LogP contribution in [0.15, 0.2) is 0 Å². The lowest BCUT2D eigenvalue weighted by atomic mass is 9.85. The summed E-state index contributed by atoms with van der Waals surface area (Å²) >= 11 is 0. The van der Waals surface area contributed by atoms with Crippen molar-refractivity contribution in [1.29, 1.82) is 0 Å². The van der Waals surface area contributed by atoms with Gasteiger partial charge in [-0.05, 0) is 25.3 Å². The van der Waals surface area contributed by atoms with Gasteiger partial charge in [-0.3, -0.25) is 0 Å². The minimum atomic E-state index is -0.930. The second-order valence-electron chi connectivity index (χ2n) is 3.34. The van der Waals surface area contributed by atoms with Gasteiger partial charge in [-0.25, -0.2) is 4.79 Å². The molecule has 0 aromatic heterocycles. The van der Waals surface area contributed by atoms with Crippen LogP contribution < -0.4 is 11.1 Å². The fourth-order valence-electron chi connectivity index (χ4n) is 1.84. The molecule has 0 saturated heterocycles. The van der Waals surface area contributed by atoms with E-state index in [4.69, 9.17) is 10.8 Å². The number of carbonyl (C=O) groups is 1. The number of nitrogens with one attached hydrogen (secondary N) is 1. The molecule has 0 bridgehead atoms. The van der Waals surface area contributed by atoms with Gasteiger partial charge in [0.2, 0.25) is 0 Å². The van der Waals surface area contributed by atoms with E-state index in [1.807, 2.05) is 0 Å². The van der Waals surface area contributed by atoms with Crippen molar-refractivity contribution in [3.05, 3.63) is 0 Å². The van der Waals surface area contributed by atoms with Gasteiger partial charge in [0, 0.05) is 6.04 Å². The van der Waals surface area contributed by atoms with Crippen LogP contribution in [0, 0.1) is 5.92 Å². The molecule has 0 aromatic rings. The molecule has 1 saturated carbocycles. The summed E-state index contributed by atoms with van der Waals surface area (Å²) in [6.07, 6.45) is 3.36. The lowest BCUT2D eigenvalue weighted by molar-refractivity contribution is 0.176. The summed E-state index contributed by atoms with van der Waals surface area (Å²) < 4.78 is 0. The van der Waals surface area contributed by atoms with Crippen LogP contribution in [-0.2, 0) is 0 Å². The van der Waals surface area contributed by atoms with Crippen molar-refractivity contribution < 1.29 is 9.90 Å². The first-order chi connectivity index (χ1) is 5.74. The fourth-order valence-corrected chi connectivity index (χ4v) is 1.84. The quantitative estimate of drug-likeness (QED) is 0.576. The van der Waals surface area contributed by atoms with Crippen molar-refractivity contribution in [3.8, 4) is 0 Å². The number of rotatable bonds is 2. The van der Waals surface area contributed by atoms with Crippen LogP contribution in [0.1, 0.15) is 25.7 Å². The van der Waals surface area contributed by atoms with Gasteiger partial charge in [0.25, 0.3) is 0 Å². The molecule has 0 spiro atoms. The lowest BCUT2D eigenvalue weighted by Crippen LogP contribution is -2.44. The Morgan fingerprint density at radius 1 is 1.50 bits per heavy atom. The van der Waals surface area contributed by atoms with Crippen LogP contribution in [0.3, 0.4) is 0 Å². The van der Waals surface area contributed by atoms with E-state index >= 15 is 0 Å². The molecule has 4 nitrogen and oxygen atoms in total. The molecule has 70 valence electrons. The van der Waals surface area contributed by atoms with E-state index in [0.29, 0.717) is 12.5 Å². The topological polar surface area (TPSA) is 75.3 Å². The van der Waals surface area contributed by atoms with Crippen LogP contribution in [0.2, 0.25) is 0 Å². The third kappa shape index (κ3) is 2.37. The predicted molar refractivity (Wildman–Crippen MR) is 46.0 cm³/mol. The zero-order valence-corrected chi connectivity index (χ0v) is 7.12. The maximum Gasteiger partial charge on any atom is 0.404 e. The Hall–Kier alpha value is -0.770. The minimum Gasteiger partial charge on any atom is -0.465 e. The van der Waals surface area contributed by atoms with Crippen LogP contribution >= 0.6 is 0 Å². The van der Waals surface area contributed by atoms with Crippen LogP contribution in [0.5, 0.6) is 0 Å². The first-order valence-electron chi connectivity index (χ1n) is 4.43. The van der Waals surface area contributed by atoms with E-state index in [0.717, 1.165) is 19.3 Å². The molecular weight excluding hydrogens is 156 g/mol. The van der Waals surface area contributed by atoms with Crippen LogP contribution in [-0.4, -0.2) is 23.8 Å². The normalized spacial score (nSPS) is 29.8. The second-order valence-corrected chi connectivity index (χ2v) is 3.34. The molecule has 12 heavy (non-hydrogen) atoms. The van der Waals surface area contributed by atoms with Gasteiger partial charge in [-0.2, -0.15) is 0 Å². The number of amides is 1. The highest BCUT2D eigenvalue weighted by Gasteiger charge is 2.24. The fraction of sp³-hybridized carbons (Fsp3) is 0.875. The summed E-state index contributed by atoms with van der Waals surface area (Å²) in [5.74, 6) is 0.342. The molecule has 4 N–H and O–H groups in total. The van der Waals surface area contributed by atoms with Gasteiger partial charge in [0.05, 0.1) is 0 Å². The van der Waals surface area contributed by atoms with Crippen molar-refractivity contribution in [2.24, 2.45) is 11.7 Å². The third-order valence-electron chi connectivity index (χ3n) is 2.52. The van der Waals surface area contributed by atoms with Gasteiger partial charge in [-0.15, -0.1) is 0 Å². The highest BCUT2D eigenvalue weighted by Crippen LogP contribution is 2.23. The summed E-state index contributed by atoms with van der Waals surface area (Å²) in [4.78, 5) is 10.4. The summed E-state index contributed by atoms with van der Waals surface area (Å²) in [5.41, 5.74) is 5.54. The average Bonchev–Trinajstić information content (AvgIpc) is 2.04. The molecule has 1 amide bonds. The maximum absolute atomic E-state index is 10.4. The second kappa shape index (κ2) is 4.30. The van der Waals surface area contributed by atoms with Crippen molar-refractivity contribution >= 4 is 6.09 Å². The smallest absolute Gasteiger partial charge is 0.404 e. The summed E-state index contributed by atoms with van der Waals surface area (Å²) in [6.45, 7) is 0.588. The highest BCUT2D eigenvalue weighted by atomic mass is 16.4. The maximum atomic E-state index is 10.4. The van der Waals surface area contributed by atoms with Crippen molar-refractivity contribution in [2.45, 2.75) is 31.7 Å². The first kappa shape index (κ1) is 9.32. The van der Waals surface area contributed by atoms with Crippen LogP contribution in [0.4, 0.5) is 4.79 Å². The van der Waals surface area contributed by atoms with E-state index in [1.165, 1.54) is 6.42 Å². The Labute approximate surface area is 72.1 Å². The molecule has 1 rings (SSSR count).